The third kappa shape index (κ3) is 5.65. The molecule has 0 radical (unpaired) electrons. The number of para-hydroxylation sites is 1. The molecule has 0 saturated carbocycles. The van der Waals surface area contributed by atoms with Gasteiger partial charge in [0, 0.05) is 36.9 Å². The summed E-state index contributed by atoms with van der Waals surface area (Å²) >= 11 is 0. The van der Waals surface area contributed by atoms with Gasteiger partial charge in [-0.3, -0.25) is 14.4 Å². The molecule has 3 N–H and O–H groups in total. The number of carbonyl (C=O) groups excluding carboxylic acids is 2. The number of likely N-dealkylation sites (N-methyl/N-ethyl adjacent to an activating group) is 1. The van der Waals surface area contributed by atoms with Gasteiger partial charge in [0.1, 0.15) is 5.56 Å². The minimum absolute atomic E-state index is 0.126. The highest BCUT2D eigenvalue weighted by molar-refractivity contribution is 5.96. The van der Waals surface area contributed by atoms with Crippen molar-refractivity contribution in [1.29, 1.82) is 0 Å². The van der Waals surface area contributed by atoms with Gasteiger partial charge in [-0.05, 0) is 62.7 Å². The average Bonchev–Trinajstić information content (AvgIpc) is 2.94. The van der Waals surface area contributed by atoms with Gasteiger partial charge in [-0.15, -0.1) is 0 Å². The minimum Gasteiger partial charge on any atom is -0.365 e. The number of benzene rings is 2. The molecule has 3 heterocycles. The number of primary amides is 1. The Hall–Kier alpha value is -4.57. The van der Waals surface area contributed by atoms with Crippen molar-refractivity contribution < 1.29 is 9.59 Å². The van der Waals surface area contributed by atoms with Gasteiger partial charge in [-0.1, -0.05) is 30.3 Å². The Bertz CT molecular complexity index is 1560. The van der Waals surface area contributed by atoms with E-state index in [1.165, 1.54) is 18.0 Å². The highest BCUT2D eigenvalue weighted by atomic mass is 16.2. The lowest BCUT2D eigenvalue weighted by atomic mass is 9.89. The Kier molecular flexibility index (Phi) is 7.38. The van der Waals surface area contributed by atoms with E-state index in [4.69, 9.17) is 5.73 Å². The van der Waals surface area contributed by atoms with Crippen molar-refractivity contribution in [2.75, 3.05) is 39.0 Å². The summed E-state index contributed by atoms with van der Waals surface area (Å²) in [6, 6.07) is 17.4. The van der Waals surface area contributed by atoms with Crippen LogP contribution in [-0.2, 0) is 4.79 Å². The average molecular weight is 526 g/mol. The lowest BCUT2D eigenvalue weighted by Crippen LogP contribution is -2.42. The molecule has 200 valence electrons. The zero-order chi connectivity index (χ0) is 27.5. The van der Waals surface area contributed by atoms with Gasteiger partial charge in [0.2, 0.25) is 17.3 Å². The summed E-state index contributed by atoms with van der Waals surface area (Å²) in [7, 11) is 3.82. The molecule has 10 nitrogen and oxygen atoms in total. The number of carbonyl (C=O) groups is 2. The summed E-state index contributed by atoms with van der Waals surface area (Å²) < 4.78 is 1.67. The first-order valence-corrected chi connectivity index (χ1v) is 12.9. The van der Waals surface area contributed by atoms with Crippen molar-refractivity contribution in [3.05, 3.63) is 88.3 Å². The third-order valence-electron chi connectivity index (χ3n) is 6.98. The van der Waals surface area contributed by atoms with Crippen LogP contribution in [0.5, 0.6) is 0 Å². The number of aromatic nitrogens is 3. The van der Waals surface area contributed by atoms with Gasteiger partial charge < -0.3 is 25.4 Å². The number of pyridine rings is 1. The number of likely N-dealkylation sites (tertiary alicyclic amines) is 1. The number of hydrogen-bond acceptors (Lipinski definition) is 7. The second-order valence-electron chi connectivity index (χ2n) is 10.0. The molecular formula is C29H31N7O3. The predicted molar refractivity (Wildman–Crippen MR) is 150 cm³/mol. The monoisotopic (exact) mass is 525 g/mol. The second-order valence-corrected chi connectivity index (χ2v) is 10.0. The first-order valence-electron chi connectivity index (χ1n) is 12.9. The molecule has 10 heteroatoms. The summed E-state index contributed by atoms with van der Waals surface area (Å²) in [6.07, 6.45) is 4.71. The number of hydrogen-bond donors (Lipinski definition) is 2. The standard InChI is InChI=1S/C29H31N7O3/c1-34(2)18-25(37)35-14-12-20(13-15-35)19-8-10-21(11-9-19)32-29-31-16-23-26(38)24(27(30)39)17-36(28(23)33-29)22-6-4-3-5-7-22/h3-11,16-17,20H,12-15,18H2,1-2H3,(H2,30,39)(H,31,32,33). The number of nitrogens with two attached hydrogens (primary N) is 1. The lowest BCUT2D eigenvalue weighted by Gasteiger charge is -2.33. The van der Waals surface area contributed by atoms with Crippen molar-refractivity contribution in [1.82, 2.24) is 24.3 Å². The molecule has 39 heavy (non-hydrogen) atoms. The number of nitrogens with zero attached hydrogens (tertiary/aromatic N) is 5. The van der Waals surface area contributed by atoms with E-state index in [0.29, 0.717) is 24.1 Å². The van der Waals surface area contributed by atoms with Crippen molar-refractivity contribution >= 4 is 34.5 Å². The maximum atomic E-state index is 12.9. The van der Waals surface area contributed by atoms with Crippen LogP contribution >= 0.6 is 0 Å². The fourth-order valence-electron chi connectivity index (χ4n) is 4.93. The Balaban J connectivity index is 1.35. The molecule has 1 aliphatic heterocycles. The first kappa shape index (κ1) is 26.1. The molecule has 5 rings (SSSR count). The topological polar surface area (TPSA) is 126 Å². The van der Waals surface area contributed by atoms with Crippen molar-refractivity contribution in [3.8, 4) is 5.69 Å². The van der Waals surface area contributed by atoms with Crippen LogP contribution in [0, 0.1) is 0 Å². The van der Waals surface area contributed by atoms with Crippen LogP contribution in [0.2, 0.25) is 0 Å². The number of fused-ring (bicyclic) bond motifs is 1. The van der Waals surface area contributed by atoms with Gasteiger partial charge in [-0.25, -0.2) is 4.98 Å². The van der Waals surface area contributed by atoms with E-state index in [2.05, 4.69) is 27.4 Å². The molecule has 1 aliphatic rings. The van der Waals surface area contributed by atoms with Crippen LogP contribution < -0.4 is 16.5 Å². The van der Waals surface area contributed by atoms with E-state index < -0.39 is 11.3 Å². The molecule has 0 spiro atoms. The van der Waals surface area contributed by atoms with Gasteiger partial charge in [0.25, 0.3) is 5.91 Å². The van der Waals surface area contributed by atoms with Crippen molar-refractivity contribution in [2.24, 2.45) is 5.73 Å². The number of amides is 2. The van der Waals surface area contributed by atoms with Crippen LogP contribution in [0.1, 0.15) is 34.7 Å². The highest BCUT2D eigenvalue weighted by Gasteiger charge is 2.24. The Morgan fingerprint density at radius 2 is 1.74 bits per heavy atom. The summed E-state index contributed by atoms with van der Waals surface area (Å²) in [5.74, 6) is 0.0922. The van der Waals surface area contributed by atoms with Crippen molar-refractivity contribution in [3.63, 3.8) is 0 Å². The zero-order valence-corrected chi connectivity index (χ0v) is 22.0. The lowest BCUT2D eigenvalue weighted by molar-refractivity contribution is -0.132. The van der Waals surface area contributed by atoms with Crippen molar-refractivity contribution in [2.45, 2.75) is 18.8 Å². The zero-order valence-electron chi connectivity index (χ0n) is 22.0. The summed E-state index contributed by atoms with van der Waals surface area (Å²) in [5, 5.41) is 3.42. The summed E-state index contributed by atoms with van der Waals surface area (Å²) in [5.41, 5.74) is 7.96. The molecule has 2 aromatic carbocycles. The smallest absolute Gasteiger partial charge is 0.254 e. The minimum atomic E-state index is -0.806. The summed E-state index contributed by atoms with van der Waals surface area (Å²) in [6.45, 7) is 1.97. The quantitative estimate of drug-likeness (QED) is 0.380. The Labute approximate surface area is 226 Å². The van der Waals surface area contributed by atoms with E-state index >= 15 is 0 Å². The molecule has 2 amide bonds. The van der Waals surface area contributed by atoms with Gasteiger partial charge in [0.05, 0.1) is 11.9 Å². The number of anilines is 2. The molecule has 0 atom stereocenters. The van der Waals surface area contributed by atoms with Crippen LogP contribution in [0.25, 0.3) is 16.7 Å². The van der Waals surface area contributed by atoms with Crippen LogP contribution in [0.15, 0.2) is 71.8 Å². The van der Waals surface area contributed by atoms with E-state index in [1.54, 1.807) is 4.57 Å². The molecule has 2 aromatic heterocycles. The summed E-state index contributed by atoms with van der Waals surface area (Å²) in [4.78, 5) is 49.9. The molecule has 1 saturated heterocycles. The Morgan fingerprint density at radius 1 is 1.05 bits per heavy atom. The number of rotatable bonds is 7. The highest BCUT2D eigenvalue weighted by Crippen LogP contribution is 2.29. The first-order chi connectivity index (χ1) is 18.8. The van der Waals surface area contributed by atoms with Crippen LogP contribution in [0.4, 0.5) is 11.6 Å². The van der Waals surface area contributed by atoms with Crippen LogP contribution in [0.3, 0.4) is 0 Å². The maximum Gasteiger partial charge on any atom is 0.254 e. The number of nitrogens with one attached hydrogen (secondary N) is 1. The maximum absolute atomic E-state index is 12.9. The number of piperidine rings is 1. The van der Waals surface area contributed by atoms with E-state index in [9.17, 15) is 14.4 Å². The van der Waals surface area contributed by atoms with Gasteiger partial charge in [0.15, 0.2) is 5.65 Å². The van der Waals surface area contributed by atoms with Crippen LogP contribution in [-0.4, -0.2) is 69.9 Å². The van der Waals surface area contributed by atoms with E-state index in [-0.39, 0.29) is 16.9 Å². The van der Waals surface area contributed by atoms with E-state index in [0.717, 1.165) is 37.3 Å². The van der Waals surface area contributed by atoms with Gasteiger partial charge >= 0.3 is 0 Å². The molecule has 0 unspecified atom stereocenters. The Morgan fingerprint density at radius 3 is 2.38 bits per heavy atom. The molecule has 1 fully saturated rings. The van der Waals surface area contributed by atoms with E-state index in [1.807, 2.05) is 66.4 Å². The SMILES string of the molecule is CN(C)CC(=O)N1CCC(c2ccc(Nc3ncc4c(=O)c(C(N)=O)cn(-c5ccccc5)c4n3)cc2)CC1. The molecule has 0 bridgehead atoms. The fraction of sp³-hybridized carbons (Fsp3) is 0.276. The fourth-order valence-corrected chi connectivity index (χ4v) is 4.93. The second kappa shape index (κ2) is 11.0. The molecular weight excluding hydrogens is 494 g/mol. The van der Waals surface area contributed by atoms with Gasteiger partial charge in [-0.2, -0.15) is 4.98 Å². The third-order valence-corrected chi connectivity index (χ3v) is 6.98. The largest absolute Gasteiger partial charge is 0.365 e. The predicted octanol–water partition coefficient (Wildman–Crippen LogP) is 2.89. The normalized spacial score (nSPS) is 14.1. The molecule has 0 aliphatic carbocycles. The molecule has 4 aromatic rings.